The van der Waals surface area contributed by atoms with Crippen LogP contribution in [0.2, 0.25) is 5.02 Å². The normalized spacial score (nSPS) is 10.6. The smallest absolute Gasteiger partial charge is 0.335 e. The van der Waals surface area contributed by atoms with Gasteiger partial charge in [-0.1, -0.05) is 11.6 Å². The third-order valence-electron chi connectivity index (χ3n) is 2.35. The molecule has 1 aromatic carbocycles. The molecule has 0 aliphatic rings. The molecule has 0 spiro atoms. The average molecular weight is 300 g/mol. The molecule has 5 N–H and O–H groups in total. The van der Waals surface area contributed by atoms with Crippen LogP contribution in [-0.4, -0.2) is 25.9 Å². The molecule has 100 valence electrons. The maximum atomic E-state index is 10.9. The number of carbonyl (C=O) groups is 1. The van der Waals surface area contributed by atoms with Gasteiger partial charge in [-0.15, -0.1) is 10.2 Å². The maximum absolute atomic E-state index is 10.9. The molecule has 0 amide bonds. The summed E-state index contributed by atoms with van der Waals surface area (Å²) in [5, 5.41) is 17.2. The summed E-state index contributed by atoms with van der Waals surface area (Å²) in [5.41, 5.74) is 6.07. The zero-order valence-corrected chi connectivity index (χ0v) is 11.4. The highest BCUT2D eigenvalue weighted by Gasteiger charge is 2.16. The first-order valence-electron chi connectivity index (χ1n) is 5.07. The van der Waals surface area contributed by atoms with Crippen LogP contribution >= 0.6 is 23.4 Å². The van der Waals surface area contributed by atoms with Crippen molar-refractivity contribution >= 4 is 35.0 Å². The van der Waals surface area contributed by atoms with Crippen LogP contribution in [0.1, 0.15) is 16.2 Å². The van der Waals surface area contributed by atoms with Crippen molar-refractivity contribution < 1.29 is 9.90 Å². The molecule has 7 nitrogen and oxygen atoms in total. The first-order chi connectivity index (χ1) is 8.90. The van der Waals surface area contributed by atoms with E-state index in [9.17, 15) is 4.79 Å². The Morgan fingerprint density at radius 2 is 2.16 bits per heavy atom. The number of aryl methyl sites for hydroxylation is 1. The van der Waals surface area contributed by atoms with Crippen molar-refractivity contribution in [2.75, 3.05) is 11.6 Å². The predicted molar refractivity (Wildman–Crippen MR) is 71.9 cm³/mol. The number of aromatic carboxylic acids is 1. The van der Waals surface area contributed by atoms with Crippen molar-refractivity contribution in [3.05, 3.63) is 28.5 Å². The molecule has 19 heavy (non-hydrogen) atoms. The summed E-state index contributed by atoms with van der Waals surface area (Å²) in [7, 11) is 0. The predicted octanol–water partition coefficient (Wildman–Crippen LogP) is 1.39. The van der Waals surface area contributed by atoms with Crippen LogP contribution in [0.4, 0.5) is 5.69 Å². The first-order valence-corrected chi connectivity index (χ1v) is 6.27. The van der Waals surface area contributed by atoms with Gasteiger partial charge in [0.2, 0.25) is 5.16 Å². The minimum Gasteiger partial charge on any atom is -0.478 e. The van der Waals surface area contributed by atoms with Gasteiger partial charge in [-0.3, -0.25) is 0 Å². The first kappa shape index (κ1) is 13.5. The maximum Gasteiger partial charge on any atom is 0.335 e. The lowest BCUT2D eigenvalue weighted by molar-refractivity contribution is 0.0697. The monoisotopic (exact) mass is 299 g/mol. The van der Waals surface area contributed by atoms with Gasteiger partial charge in [-0.2, -0.15) is 0 Å². The Bertz CT molecular complexity index is 634. The Morgan fingerprint density at radius 1 is 1.47 bits per heavy atom. The fourth-order valence-corrected chi connectivity index (χ4v) is 2.53. The van der Waals surface area contributed by atoms with Crippen LogP contribution in [0, 0.1) is 6.92 Å². The van der Waals surface area contributed by atoms with E-state index in [-0.39, 0.29) is 16.3 Å². The third-order valence-corrected chi connectivity index (χ3v) is 3.88. The van der Waals surface area contributed by atoms with Crippen LogP contribution in [0.25, 0.3) is 0 Å². The number of nitrogens with two attached hydrogens (primary N) is 2. The van der Waals surface area contributed by atoms with Crippen molar-refractivity contribution in [3.63, 3.8) is 0 Å². The van der Waals surface area contributed by atoms with E-state index in [1.54, 1.807) is 6.92 Å². The van der Waals surface area contributed by atoms with Crippen LogP contribution in [0.15, 0.2) is 22.2 Å². The lowest BCUT2D eigenvalue weighted by atomic mass is 10.2. The van der Waals surface area contributed by atoms with E-state index in [0.29, 0.717) is 15.9 Å². The van der Waals surface area contributed by atoms with E-state index >= 15 is 0 Å². The molecular formula is C10H10ClN5O2S. The van der Waals surface area contributed by atoms with Crippen molar-refractivity contribution in [2.45, 2.75) is 17.0 Å². The minimum absolute atomic E-state index is 0.0252. The van der Waals surface area contributed by atoms with E-state index in [1.807, 2.05) is 0 Å². The second kappa shape index (κ2) is 4.98. The molecule has 1 aromatic heterocycles. The number of hydrogen-bond acceptors (Lipinski definition) is 6. The van der Waals surface area contributed by atoms with Gasteiger partial charge in [-0.05, 0) is 30.8 Å². The zero-order valence-electron chi connectivity index (χ0n) is 9.79. The van der Waals surface area contributed by atoms with Gasteiger partial charge in [0.1, 0.15) is 5.82 Å². The summed E-state index contributed by atoms with van der Waals surface area (Å²) in [4.78, 5) is 11.4. The molecule has 2 rings (SSSR count). The Labute approximate surface area is 117 Å². The lowest BCUT2D eigenvalue weighted by Gasteiger charge is -2.08. The number of rotatable bonds is 3. The lowest BCUT2D eigenvalue weighted by Crippen LogP contribution is -2.11. The molecule has 0 saturated carbocycles. The van der Waals surface area contributed by atoms with Crippen LogP contribution < -0.4 is 11.6 Å². The second-order valence-corrected chi connectivity index (χ2v) is 5.07. The molecule has 0 aliphatic heterocycles. The number of carboxylic acid groups (broad SMARTS) is 1. The van der Waals surface area contributed by atoms with E-state index in [1.165, 1.54) is 16.8 Å². The fourth-order valence-electron chi connectivity index (χ4n) is 1.36. The Morgan fingerprint density at radius 3 is 2.63 bits per heavy atom. The summed E-state index contributed by atoms with van der Waals surface area (Å²) in [6.45, 7) is 1.70. The quantitative estimate of drug-likeness (QED) is 0.578. The van der Waals surface area contributed by atoms with Gasteiger partial charge in [0.25, 0.3) is 0 Å². The van der Waals surface area contributed by atoms with Gasteiger partial charge >= 0.3 is 5.97 Å². The molecule has 9 heteroatoms. The van der Waals surface area contributed by atoms with Gasteiger partial charge in [0, 0.05) is 5.69 Å². The Kier molecular flexibility index (Phi) is 3.54. The standard InChI is InChI=1S/C10H10ClN5O2S/c1-4-14-15-10(16(4)13)19-8-6(11)2-5(9(17)18)3-7(8)12/h2-3H,12-13H2,1H3,(H,17,18). The van der Waals surface area contributed by atoms with Crippen molar-refractivity contribution in [2.24, 2.45) is 0 Å². The number of anilines is 1. The number of hydrogen-bond donors (Lipinski definition) is 3. The summed E-state index contributed by atoms with van der Waals surface area (Å²) in [5.74, 6) is 5.17. The van der Waals surface area contributed by atoms with Gasteiger partial charge < -0.3 is 16.7 Å². The summed E-state index contributed by atoms with van der Waals surface area (Å²) in [6.07, 6.45) is 0. The zero-order chi connectivity index (χ0) is 14.2. The molecule has 0 saturated heterocycles. The number of nitrogen functional groups attached to an aromatic ring is 2. The molecule has 0 radical (unpaired) electrons. The minimum atomic E-state index is -1.09. The van der Waals surface area contributed by atoms with Crippen LogP contribution in [0.3, 0.4) is 0 Å². The topological polar surface area (TPSA) is 120 Å². The van der Waals surface area contributed by atoms with Crippen LogP contribution in [0.5, 0.6) is 0 Å². The van der Waals surface area contributed by atoms with Gasteiger partial charge in [-0.25, -0.2) is 9.47 Å². The number of nitrogens with zero attached hydrogens (tertiary/aromatic N) is 3. The average Bonchev–Trinajstić information content (AvgIpc) is 2.65. The number of carboxylic acids is 1. The molecule has 0 fully saturated rings. The van der Waals surface area contributed by atoms with E-state index in [4.69, 9.17) is 28.3 Å². The number of benzene rings is 1. The van der Waals surface area contributed by atoms with Crippen molar-refractivity contribution in [1.29, 1.82) is 0 Å². The van der Waals surface area contributed by atoms with E-state index < -0.39 is 5.97 Å². The summed E-state index contributed by atoms with van der Waals surface area (Å²) < 4.78 is 1.30. The fraction of sp³-hybridized carbons (Fsp3) is 0.100. The molecule has 1 heterocycles. The Hall–Kier alpha value is -1.93. The highest BCUT2D eigenvalue weighted by Crippen LogP contribution is 2.37. The van der Waals surface area contributed by atoms with Crippen LogP contribution in [-0.2, 0) is 0 Å². The number of aromatic nitrogens is 3. The molecule has 0 aliphatic carbocycles. The molecule has 0 bridgehead atoms. The number of halogens is 1. The largest absolute Gasteiger partial charge is 0.478 e. The molecule has 0 unspecified atom stereocenters. The highest BCUT2D eigenvalue weighted by atomic mass is 35.5. The molecule has 0 atom stereocenters. The Balaban J connectivity index is 2.41. The third kappa shape index (κ3) is 2.59. The van der Waals surface area contributed by atoms with Crippen molar-refractivity contribution in [3.8, 4) is 0 Å². The van der Waals surface area contributed by atoms with E-state index in [0.717, 1.165) is 11.8 Å². The van der Waals surface area contributed by atoms with Gasteiger partial charge in [0.15, 0.2) is 0 Å². The molecular weight excluding hydrogens is 290 g/mol. The van der Waals surface area contributed by atoms with Gasteiger partial charge in [0.05, 0.1) is 15.5 Å². The SMILES string of the molecule is Cc1nnc(Sc2c(N)cc(C(=O)O)cc2Cl)n1N. The summed E-state index contributed by atoms with van der Waals surface area (Å²) >= 11 is 7.15. The summed E-state index contributed by atoms with van der Waals surface area (Å²) in [6, 6.07) is 2.66. The highest BCUT2D eigenvalue weighted by molar-refractivity contribution is 7.99. The van der Waals surface area contributed by atoms with E-state index in [2.05, 4.69) is 10.2 Å². The molecule has 2 aromatic rings. The second-order valence-electron chi connectivity index (χ2n) is 3.68. The van der Waals surface area contributed by atoms with Crippen molar-refractivity contribution in [1.82, 2.24) is 14.9 Å².